The van der Waals surface area contributed by atoms with Crippen molar-refractivity contribution in [1.82, 2.24) is 0 Å². The third-order valence-electron chi connectivity index (χ3n) is 5.46. The van der Waals surface area contributed by atoms with Crippen LogP contribution >= 0.6 is 0 Å². The van der Waals surface area contributed by atoms with E-state index in [2.05, 4.69) is 6.07 Å². The van der Waals surface area contributed by atoms with E-state index in [1.54, 1.807) is 0 Å². The Morgan fingerprint density at radius 3 is 1.41 bits per heavy atom. The van der Waals surface area contributed by atoms with Gasteiger partial charge in [0, 0.05) is 0 Å². The highest BCUT2D eigenvalue weighted by molar-refractivity contribution is 5.36. The highest BCUT2D eigenvalue weighted by Gasteiger charge is 2.33. The molecule has 0 spiro atoms. The summed E-state index contributed by atoms with van der Waals surface area (Å²) in [5, 5.41) is 0. The van der Waals surface area contributed by atoms with Gasteiger partial charge < -0.3 is 0 Å². The molecule has 22 heavy (non-hydrogen) atoms. The molecule has 0 saturated heterocycles. The molecule has 2 aliphatic rings. The fourth-order valence-electron chi connectivity index (χ4n) is 4.18. The highest BCUT2D eigenvalue weighted by atomic mass is 19.4. The molecule has 0 aliphatic heterocycles. The Bertz CT molecular complexity index is 456. The number of hydrogen-bond acceptors (Lipinski definition) is 0. The van der Waals surface area contributed by atoms with Gasteiger partial charge in [0.05, 0.1) is 5.56 Å². The van der Waals surface area contributed by atoms with Crippen LogP contribution in [-0.4, -0.2) is 0 Å². The number of hydrogen-bond donors (Lipinski definition) is 0. The standard InChI is InChI=1S/C19H25F3/c20-19(21,22)18-12-16(14-7-3-1-4-8-14)11-17(13-18)15-9-5-2-6-10-15/h11-15H,1-10H2. The smallest absolute Gasteiger partial charge is 0.166 e. The Kier molecular flexibility index (Phi) is 4.79. The molecule has 2 aliphatic carbocycles. The van der Waals surface area contributed by atoms with Crippen molar-refractivity contribution in [2.75, 3.05) is 0 Å². The summed E-state index contributed by atoms with van der Waals surface area (Å²) >= 11 is 0. The third kappa shape index (κ3) is 3.67. The van der Waals surface area contributed by atoms with Crippen molar-refractivity contribution in [1.29, 1.82) is 0 Å². The second-order valence-corrected chi connectivity index (χ2v) is 7.06. The first-order valence-corrected chi connectivity index (χ1v) is 8.76. The van der Waals surface area contributed by atoms with Crippen LogP contribution in [0, 0.1) is 0 Å². The van der Waals surface area contributed by atoms with Crippen LogP contribution in [0.15, 0.2) is 18.2 Å². The molecule has 0 aromatic heterocycles. The maximum Gasteiger partial charge on any atom is 0.416 e. The molecular weight excluding hydrogens is 285 g/mol. The van der Waals surface area contributed by atoms with E-state index in [4.69, 9.17) is 0 Å². The maximum absolute atomic E-state index is 13.3. The molecule has 0 unspecified atom stereocenters. The predicted molar refractivity (Wildman–Crippen MR) is 83.1 cm³/mol. The van der Waals surface area contributed by atoms with Gasteiger partial charge in [0.2, 0.25) is 0 Å². The molecule has 2 saturated carbocycles. The van der Waals surface area contributed by atoms with Gasteiger partial charge in [-0.05, 0) is 60.8 Å². The summed E-state index contributed by atoms with van der Waals surface area (Å²) in [5.41, 5.74) is 1.45. The van der Waals surface area contributed by atoms with Gasteiger partial charge in [-0.2, -0.15) is 13.2 Å². The summed E-state index contributed by atoms with van der Waals surface area (Å²) < 4.78 is 39.8. The number of benzene rings is 1. The summed E-state index contributed by atoms with van der Waals surface area (Å²) in [7, 11) is 0. The van der Waals surface area contributed by atoms with E-state index in [9.17, 15) is 13.2 Å². The van der Waals surface area contributed by atoms with E-state index in [0.717, 1.165) is 62.5 Å². The molecule has 0 amide bonds. The Morgan fingerprint density at radius 1 is 0.636 bits per heavy atom. The van der Waals surface area contributed by atoms with Gasteiger partial charge in [0.1, 0.15) is 0 Å². The fraction of sp³-hybridized carbons (Fsp3) is 0.684. The number of rotatable bonds is 2. The molecular formula is C19H25F3. The topological polar surface area (TPSA) is 0 Å². The average molecular weight is 310 g/mol. The van der Waals surface area contributed by atoms with Crippen LogP contribution in [0.1, 0.15) is 92.7 Å². The lowest BCUT2D eigenvalue weighted by molar-refractivity contribution is -0.137. The minimum atomic E-state index is -4.23. The molecule has 0 bridgehead atoms. The van der Waals surface area contributed by atoms with Crippen LogP contribution in [0.2, 0.25) is 0 Å². The Hall–Kier alpha value is -0.990. The molecule has 2 fully saturated rings. The molecule has 0 heterocycles. The van der Waals surface area contributed by atoms with E-state index < -0.39 is 11.7 Å². The van der Waals surface area contributed by atoms with Crippen molar-refractivity contribution < 1.29 is 13.2 Å². The molecule has 3 rings (SSSR count). The molecule has 1 aromatic rings. The molecule has 122 valence electrons. The minimum Gasteiger partial charge on any atom is -0.166 e. The molecule has 3 heteroatoms. The SMILES string of the molecule is FC(F)(F)c1cc(C2CCCCC2)cc(C2CCCCC2)c1. The maximum atomic E-state index is 13.3. The van der Waals surface area contributed by atoms with Crippen molar-refractivity contribution in [2.24, 2.45) is 0 Å². The van der Waals surface area contributed by atoms with Crippen molar-refractivity contribution in [3.63, 3.8) is 0 Å². The first kappa shape index (κ1) is 15.9. The first-order valence-electron chi connectivity index (χ1n) is 8.76. The number of alkyl halides is 3. The lowest BCUT2D eigenvalue weighted by atomic mass is 9.79. The summed E-state index contributed by atoms with van der Waals surface area (Å²) in [6, 6.07) is 4.94. The Morgan fingerprint density at radius 2 is 1.05 bits per heavy atom. The van der Waals surface area contributed by atoms with Crippen molar-refractivity contribution in [2.45, 2.75) is 82.2 Å². The summed E-state index contributed by atoms with van der Waals surface area (Å²) in [6.45, 7) is 0. The zero-order chi connectivity index (χ0) is 15.6. The zero-order valence-corrected chi connectivity index (χ0v) is 13.1. The second-order valence-electron chi connectivity index (χ2n) is 7.06. The predicted octanol–water partition coefficient (Wildman–Crippen LogP) is 6.80. The molecule has 0 radical (unpaired) electrons. The van der Waals surface area contributed by atoms with Crippen LogP contribution in [0.25, 0.3) is 0 Å². The van der Waals surface area contributed by atoms with Crippen LogP contribution in [0.5, 0.6) is 0 Å². The van der Waals surface area contributed by atoms with Gasteiger partial charge in [-0.25, -0.2) is 0 Å². The van der Waals surface area contributed by atoms with Gasteiger partial charge in [-0.1, -0.05) is 44.6 Å². The van der Waals surface area contributed by atoms with Gasteiger partial charge >= 0.3 is 6.18 Å². The zero-order valence-electron chi connectivity index (χ0n) is 13.1. The van der Waals surface area contributed by atoms with Crippen molar-refractivity contribution in [3.05, 3.63) is 34.9 Å². The molecule has 0 atom stereocenters. The van der Waals surface area contributed by atoms with Crippen LogP contribution in [0.3, 0.4) is 0 Å². The average Bonchev–Trinajstić information content (AvgIpc) is 2.55. The molecule has 1 aromatic carbocycles. The lowest BCUT2D eigenvalue weighted by Crippen LogP contribution is -2.12. The van der Waals surface area contributed by atoms with Crippen molar-refractivity contribution >= 4 is 0 Å². The Balaban J connectivity index is 1.93. The van der Waals surface area contributed by atoms with E-state index in [-0.39, 0.29) is 0 Å². The third-order valence-corrected chi connectivity index (χ3v) is 5.46. The summed E-state index contributed by atoms with van der Waals surface area (Å²) in [5.74, 6) is 0.664. The Labute approximate surface area is 131 Å². The van der Waals surface area contributed by atoms with Crippen LogP contribution in [-0.2, 0) is 6.18 Å². The van der Waals surface area contributed by atoms with Gasteiger partial charge in [0.25, 0.3) is 0 Å². The second kappa shape index (κ2) is 6.64. The summed E-state index contributed by atoms with van der Waals surface area (Å²) in [4.78, 5) is 0. The van der Waals surface area contributed by atoms with E-state index in [0.29, 0.717) is 11.8 Å². The van der Waals surface area contributed by atoms with Gasteiger partial charge in [-0.3, -0.25) is 0 Å². The van der Waals surface area contributed by atoms with Crippen molar-refractivity contribution in [3.8, 4) is 0 Å². The quantitative estimate of drug-likeness (QED) is 0.563. The largest absolute Gasteiger partial charge is 0.416 e. The van der Waals surface area contributed by atoms with E-state index in [1.807, 2.05) is 0 Å². The molecule has 0 nitrogen and oxygen atoms in total. The summed E-state index contributed by atoms with van der Waals surface area (Å²) in [6.07, 6.45) is 7.02. The normalized spacial score (nSPS) is 22.0. The van der Waals surface area contributed by atoms with E-state index >= 15 is 0 Å². The highest BCUT2D eigenvalue weighted by Crippen LogP contribution is 2.41. The lowest BCUT2D eigenvalue weighted by Gasteiger charge is -2.27. The van der Waals surface area contributed by atoms with E-state index in [1.165, 1.54) is 25.0 Å². The first-order chi connectivity index (χ1) is 10.5. The van der Waals surface area contributed by atoms with Gasteiger partial charge in [0.15, 0.2) is 0 Å². The van der Waals surface area contributed by atoms with Gasteiger partial charge in [-0.15, -0.1) is 0 Å². The van der Waals surface area contributed by atoms with Crippen LogP contribution < -0.4 is 0 Å². The molecule has 0 N–H and O–H groups in total. The monoisotopic (exact) mass is 310 g/mol. The number of halogens is 3. The van der Waals surface area contributed by atoms with Crippen LogP contribution in [0.4, 0.5) is 13.2 Å². The fourth-order valence-corrected chi connectivity index (χ4v) is 4.18. The minimum absolute atomic E-state index is 0.332.